The number of nitrogens with one attached hydrogen (secondary N) is 2. The van der Waals surface area contributed by atoms with Gasteiger partial charge in [-0.3, -0.25) is 14.4 Å². The topological polar surface area (TPSA) is 157 Å². The van der Waals surface area contributed by atoms with E-state index in [1.165, 1.54) is 47.1 Å². The second-order valence-corrected chi connectivity index (χ2v) is 11.5. The minimum atomic E-state index is -4.18. The molecule has 1 unspecified atom stereocenters. The molecule has 1 heterocycles. The average Bonchev–Trinajstić information content (AvgIpc) is 3.36. The van der Waals surface area contributed by atoms with Gasteiger partial charge in [-0.15, -0.1) is 0 Å². The first-order valence-corrected chi connectivity index (χ1v) is 15.1. The van der Waals surface area contributed by atoms with Crippen molar-refractivity contribution in [2.24, 2.45) is 0 Å². The summed E-state index contributed by atoms with van der Waals surface area (Å²) in [5.74, 6) is -2.90. The van der Waals surface area contributed by atoms with Crippen molar-refractivity contribution in [3.05, 3.63) is 102 Å². The average molecular weight is 623 g/mol. The van der Waals surface area contributed by atoms with E-state index in [0.717, 1.165) is 12.5 Å². The van der Waals surface area contributed by atoms with Crippen LogP contribution in [0, 0.1) is 5.82 Å². The number of halogens is 1. The number of hydrogen-bond acceptors (Lipinski definition) is 7. The van der Waals surface area contributed by atoms with E-state index in [1.54, 1.807) is 13.0 Å². The molecule has 4 rings (SSSR count). The van der Waals surface area contributed by atoms with E-state index in [0.29, 0.717) is 6.42 Å². The van der Waals surface area contributed by atoms with E-state index in [4.69, 9.17) is 4.74 Å². The number of nitrogens with zero attached hydrogens (tertiary/aromatic N) is 2. The summed E-state index contributed by atoms with van der Waals surface area (Å²) in [5, 5.41) is 16.4. The number of ether oxygens (including phenoxy) is 1. The first-order valence-electron chi connectivity index (χ1n) is 13.6. The zero-order chi connectivity index (χ0) is 31.9. The van der Waals surface area contributed by atoms with Crippen molar-refractivity contribution in [3.63, 3.8) is 0 Å². The summed E-state index contributed by atoms with van der Waals surface area (Å²) in [7, 11) is -4.18. The fourth-order valence-corrected chi connectivity index (χ4v) is 5.84. The Bertz CT molecular complexity index is 1770. The molecular formula is C31H31FN4O7S. The maximum atomic E-state index is 15.4. The SMILES string of the molecule is CCOc1cc(C(=O)NC(CC(=O)O)Cc2ccccc2)nn1Cc1ccc(-c2ccccc2S(=O)(=O)NC(C)=O)cc1F. The molecule has 44 heavy (non-hydrogen) atoms. The van der Waals surface area contributed by atoms with Crippen LogP contribution in [0.3, 0.4) is 0 Å². The number of aromatic nitrogens is 2. The summed E-state index contributed by atoms with van der Waals surface area (Å²) < 4.78 is 49.6. The van der Waals surface area contributed by atoms with Crippen molar-refractivity contribution in [1.29, 1.82) is 0 Å². The minimum Gasteiger partial charge on any atom is -0.481 e. The highest BCUT2D eigenvalue weighted by molar-refractivity contribution is 7.90. The van der Waals surface area contributed by atoms with Gasteiger partial charge in [0.1, 0.15) is 5.82 Å². The Morgan fingerprint density at radius 3 is 2.39 bits per heavy atom. The second-order valence-electron chi connectivity index (χ2n) is 9.88. The van der Waals surface area contributed by atoms with E-state index in [9.17, 15) is 27.9 Å². The molecule has 0 fully saturated rings. The number of carboxylic acid groups (broad SMARTS) is 1. The number of carbonyl (C=O) groups excluding carboxylic acids is 2. The predicted octanol–water partition coefficient (Wildman–Crippen LogP) is 3.78. The van der Waals surface area contributed by atoms with Gasteiger partial charge in [0, 0.05) is 30.2 Å². The zero-order valence-corrected chi connectivity index (χ0v) is 24.8. The standard InChI is InChI=1S/C31H31FN4O7S/c1-3-43-29-18-27(31(40)33-24(17-30(38)39)15-21-9-5-4-6-10-21)34-36(29)19-23-14-13-22(16-26(23)32)25-11-7-8-12-28(25)44(41,42)35-20(2)37/h4-14,16,18,24H,3,15,17,19H2,1-2H3,(H,33,40)(H,35,37)(H,38,39). The van der Waals surface area contributed by atoms with Gasteiger partial charge in [0.15, 0.2) is 5.69 Å². The number of rotatable bonds is 13. The number of benzene rings is 3. The molecule has 0 radical (unpaired) electrons. The number of amides is 2. The van der Waals surface area contributed by atoms with Crippen LogP contribution in [0.2, 0.25) is 0 Å². The molecule has 3 aromatic carbocycles. The first kappa shape index (κ1) is 31.9. The number of carbonyl (C=O) groups is 3. The van der Waals surface area contributed by atoms with Gasteiger partial charge in [0.2, 0.25) is 11.8 Å². The number of carboxylic acids is 1. The summed E-state index contributed by atoms with van der Waals surface area (Å²) in [6.45, 7) is 2.93. The van der Waals surface area contributed by atoms with Crippen molar-refractivity contribution in [3.8, 4) is 17.0 Å². The van der Waals surface area contributed by atoms with E-state index >= 15 is 4.39 Å². The van der Waals surface area contributed by atoms with E-state index in [-0.39, 0.29) is 52.7 Å². The monoisotopic (exact) mass is 622 g/mol. The van der Waals surface area contributed by atoms with Gasteiger partial charge in [-0.25, -0.2) is 22.2 Å². The maximum absolute atomic E-state index is 15.4. The molecule has 0 aliphatic carbocycles. The molecule has 0 saturated heterocycles. The molecule has 0 aliphatic rings. The summed E-state index contributed by atoms with van der Waals surface area (Å²) in [5.41, 5.74) is 1.47. The maximum Gasteiger partial charge on any atom is 0.305 e. The lowest BCUT2D eigenvalue weighted by atomic mass is 10.0. The Hall–Kier alpha value is -5.04. The van der Waals surface area contributed by atoms with Gasteiger partial charge < -0.3 is 15.2 Å². The van der Waals surface area contributed by atoms with Crippen molar-refractivity contribution in [2.75, 3.05) is 6.61 Å². The van der Waals surface area contributed by atoms with Gasteiger partial charge in [-0.1, -0.05) is 60.7 Å². The fraction of sp³-hybridized carbons (Fsp3) is 0.226. The molecule has 0 bridgehead atoms. The van der Waals surface area contributed by atoms with E-state index < -0.39 is 39.7 Å². The van der Waals surface area contributed by atoms with Crippen LogP contribution in [-0.4, -0.2) is 53.7 Å². The van der Waals surface area contributed by atoms with Gasteiger partial charge in [-0.05, 0) is 36.6 Å². The van der Waals surface area contributed by atoms with E-state index in [1.807, 2.05) is 35.1 Å². The molecule has 13 heteroatoms. The number of sulfonamides is 1. The number of hydrogen-bond donors (Lipinski definition) is 3. The molecule has 4 aromatic rings. The molecular weight excluding hydrogens is 591 g/mol. The van der Waals surface area contributed by atoms with Crippen LogP contribution >= 0.6 is 0 Å². The Labute approximate surface area is 253 Å². The van der Waals surface area contributed by atoms with Crippen LogP contribution in [0.25, 0.3) is 11.1 Å². The van der Waals surface area contributed by atoms with Crippen LogP contribution in [-0.2, 0) is 32.6 Å². The van der Waals surface area contributed by atoms with Gasteiger partial charge in [-0.2, -0.15) is 5.10 Å². The van der Waals surface area contributed by atoms with Crippen LogP contribution in [0.4, 0.5) is 4.39 Å². The van der Waals surface area contributed by atoms with Crippen molar-refractivity contribution in [1.82, 2.24) is 19.8 Å². The highest BCUT2D eigenvalue weighted by Gasteiger charge is 2.23. The summed E-state index contributed by atoms with van der Waals surface area (Å²) in [6, 6.07) is 19.9. The smallest absolute Gasteiger partial charge is 0.305 e. The third-order valence-electron chi connectivity index (χ3n) is 6.49. The third kappa shape index (κ3) is 8.07. The van der Waals surface area contributed by atoms with Gasteiger partial charge >= 0.3 is 5.97 Å². The molecule has 2 amide bonds. The van der Waals surface area contributed by atoms with E-state index in [2.05, 4.69) is 10.4 Å². The van der Waals surface area contributed by atoms with Crippen LogP contribution in [0.15, 0.2) is 83.8 Å². The fourth-order valence-electron chi connectivity index (χ4n) is 4.62. The molecule has 230 valence electrons. The van der Waals surface area contributed by atoms with Crippen LogP contribution in [0.5, 0.6) is 5.88 Å². The summed E-state index contributed by atoms with van der Waals surface area (Å²) in [4.78, 5) is 35.8. The molecule has 0 aliphatic heterocycles. The molecule has 3 N–H and O–H groups in total. The minimum absolute atomic E-state index is 0.0361. The van der Waals surface area contributed by atoms with Crippen molar-refractivity contribution < 1.29 is 37.0 Å². The highest BCUT2D eigenvalue weighted by Crippen LogP contribution is 2.29. The Balaban J connectivity index is 1.58. The van der Waals surface area contributed by atoms with Crippen molar-refractivity contribution in [2.45, 2.75) is 44.2 Å². The lowest BCUT2D eigenvalue weighted by Crippen LogP contribution is -2.38. The zero-order valence-electron chi connectivity index (χ0n) is 24.0. The third-order valence-corrected chi connectivity index (χ3v) is 7.98. The predicted molar refractivity (Wildman–Crippen MR) is 159 cm³/mol. The van der Waals surface area contributed by atoms with Gasteiger partial charge in [0.05, 0.1) is 24.5 Å². The molecule has 1 aromatic heterocycles. The van der Waals surface area contributed by atoms with Crippen molar-refractivity contribution >= 4 is 27.8 Å². The second kappa shape index (κ2) is 14.0. The summed E-state index contributed by atoms with van der Waals surface area (Å²) >= 11 is 0. The Morgan fingerprint density at radius 2 is 1.73 bits per heavy atom. The van der Waals surface area contributed by atoms with Gasteiger partial charge in [0.25, 0.3) is 15.9 Å². The Morgan fingerprint density at radius 1 is 1.02 bits per heavy atom. The first-order chi connectivity index (χ1) is 21.0. The summed E-state index contributed by atoms with van der Waals surface area (Å²) in [6.07, 6.45) is -0.00280. The highest BCUT2D eigenvalue weighted by atomic mass is 32.2. The molecule has 11 nitrogen and oxygen atoms in total. The lowest BCUT2D eigenvalue weighted by molar-refractivity contribution is -0.137. The molecule has 0 saturated carbocycles. The Kier molecular flexibility index (Phi) is 10.1. The normalized spacial score (nSPS) is 11.9. The van der Waals surface area contributed by atoms with Crippen LogP contribution < -0.4 is 14.8 Å². The number of aliphatic carboxylic acids is 1. The quantitative estimate of drug-likeness (QED) is 0.203. The molecule has 0 spiro atoms. The molecule has 1 atom stereocenters. The lowest BCUT2D eigenvalue weighted by Gasteiger charge is -2.16. The largest absolute Gasteiger partial charge is 0.481 e. The van der Waals surface area contributed by atoms with Crippen LogP contribution in [0.1, 0.15) is 41.9 Å².